The van der Waals surface area contributed by atoms with Crippen LogP contribution in [0.25, 0.3) is 0 Å². The van der Waals surface area contributed by atoms with Crippen molar-refractivity contribution in [3.63, 3.8) is 0 Å². The fraction of sp³-hybridized carbons (Fsp3) is 0.769. The molecule has 0 bridgehead atoms. The third kappa shape index (κ3) is 5.72. The summed E-state index contributed by atoms with van der Waals surface area (Å²) >= 11 is 0. The standard InChI is InChI=1S/C13H22N2O4/c1-9-8-10(9)13(19)14-6-5-11(16)15(2)7-3-4-12(17)18/h9-10H,3-8H2,1-2H3,(H,14,19)(H,17,18). The van der Waals surface area contributed by atoms with Gasteiger partial charge in [0.1, 0.15) is 0 Å². The minimum Gasteiger partial charge on any atom is -0.481 e. The maximum Gasteiger partial charge on any atom is 0.303 e. The van der Waals surface area contributed by atoms with E-state index in [1.54, 1.807) is 7.05 Å². The Hall–Kier alpha value is -1.59. The van der Waals surface area contributed by atoms with E-state index in [0.717, 1.165) is 6.42 Å². The van der Waals surface area contributed by atoms with Gasteiger partial charge in [-0.25, -0.2) is 0 Å². The van der Waals surface area contributed by atoms with Gasteiger partial charge in [0, 0.05) is 38.9 Å². The van der Waals surface area contributed by atoms with Gasteiger partial charge < -0.3 is 15.3 Å². The number of carbonyl (C=O) groups excluding carboxylic acids is 2. The van der Waals surface area contributed by atoms with E-state index in [1.165, 1.54) is 4.90 Å². The summed E-state index contributed by atoms with van der Waals surface area (Å²) in [6.45, 7) is 2.81. The fourth-order valence-electron chi connectivity index (χ4n) is 1.89. The molecule has 0 saturated heterocycles. The summed E-state index contributed by atoms with van der Waals surface area (Å²) < 4.78 is 0. The summed E-state index contributed by atoms with van der Waals surface area (Å²) in [4.78, 5) is 35.0. The summed E-state index contributed by atoms with van der Waals surface area (Å²) in [5.41, 5.74) is 0. The van der Waals surface area contributed by atoms with E-state index in [2.05, 4.69) is 5.32 Å². The Balaban J connectivity index is 2.09. The second-order valence-corrected chi connectivity index (χ2v) is 5.17. The van der Waals surface area contributed by atoms with E-state index < -0.39 is 5.97 Å². The van der Waals surface area contributed by atoms with E-state index in [1.807, 2.05) is 6.92 Å². The number of nitrogens with zero attached hydrogens (tertiary/aromatic N) is 1. The Morgan fingerprint density at radius 3 is 2.47 bits per heavy atom. The van der Waals surface area contributed by atoms with Gasteiger partial charge in [-0.2, -0.15) is 0 Å². The van der Waals surface area contributed by atoms with E-state index in [-0.39, 0.29) is 30.6 Å². The van der Waals surface area contributed by atoms with Gasteiger partial charge in [0.2, 0.25) is 11.8 Å². The van der Waals surface area contributed by atoms with Crippen LogP contribution in [0.5, 0.6) is 0 Å². The van der Waals surface area contributed by atoms with Crippen molar-refractivity contribution in [2.45, 2.75) is 32.6 Å². The lowest BCUT2D eigenvalue weighted by Gasteiger charge is -2.16. The average Bonchev–Trinajstić information content (AvgIpc) is 3.05. The maximum absolute atomic E-state index is 11.7. The Labute approximate surface area is 113 Å². The summed E-state index contributed by atoms with van der Waals surface area (Å²) in [7, 11) is 1.65. The molecule has 1 saturated carbocycles. The molecule has 0 heterocycles. The summed E-state index contributed by atoms with van der Waals surface area (Å²) in [6, 6.07) is 0. The minimum atomic E-state index is -0.855. The highest BCUT2D eigenvalue weighted by molar-refractivity contribution is 5.82. The number of hydrogen-bond acceptors (Lipinski definition) is 3. The van der Waals surface area contributed by atoms with Crippen molar-refractivity contribution in [3.05, 3.63) is 0 Å². The topological polar surface area (TPSA) is 86.7 Å². The van der Waals surface area contributed by atoms with Crippen molar-refractivity contribution in [2.75, 3.05) is 20.1 Å². The normalized spacial score (nSPS) is 20.7. The van der Waals surface area contributed by atoms with Crippen LogP contribution in [-0.2, 0) is 14.4 Å². The fourth-order valence-corrected chi connectivity index (χ4v) is 1.89. The summed E-state index contributed by atoms with van der Waals surface area (Å²) in [5.74, 6) is -0.298. The van der Waals surface area contributed by atoms with Gasteiger partial charge in [-0.1, -0.05) is 6.92 Å². The molecule has 19 heavy (non-hydrogen) atoms. The first kappa shape index (κ1) is 15.5. The number of amides is 2. The van der Waals surface area contributed by atoms with Crippen LogP contribution in [0, 0.1) is 11.8 Å². The van der Waals surface area contributed by atoms with Crippen molar-refractivity contribution in [1.29, 1.82) is 0 Å². The summed E-state index contributed by atoms with van der Waals surface area (Å²) in [6.07, 6.45) is 1.71. The quantitative estimate of drug-likeness (QED) is 0.671. The van der Waals surface area contributed by atoms with Gasteiger partial charge in [-0.05, 0) is 18.8 Å². The van der Waals surface area contributed by atoms with Gasteiger partial charge in [0.15, 0.2) is 0 Å². The first-order valence-electron chi connectivity index (χ1n) is 6.65. The molecule has 108 valence electrons. The zero-order valence-corrected chi connectivity index (χ0v) is 11.5. The third-order valence-electron chi connectivity index (χ3n) is 3.39. The summed E-state index contributed by atoms with van der Waals surface area (Å²) in [5, 5.41) is 11.3. The Morgan fingerprint density at radius 1 is 1.32 bits per heavy atom. The molecule has 0 spiro atoms. The third-order valence-corrected chi connectivity index (χ3v) is 3.39. The lowest BCUT2D eigenvalue weighted by molar-refractivity contribution is -0.138. The molecule has 0 radical (unpaired) electrons. The highest BCUT2D eigenvalue weighted by Crippen LogP contribution is 2.37. The van der Waals surface area contributed by atoms with Crippen LogP contribution in [0.3, 0.4) is 0 Å². The zero-order valence-electron chi connectivity index (χ0n) is 11.5. The number of rotatable bonds is 8. The lowest BCUT2D eigenvalue weighted by Crippen LogP contribution is -2.33. The van der Waals surface area contributed by atoms with Crippen LogP contribution in [0.2, 0.25) is 0 Å². The highest BCUT2D eigenvalue weighted by atomic mass is 16.4. The monoisotopic (exact) mass is 270 g/mol. The van der Waals surface area contributed by atoms with Gasteiger partial charge in [0.25, 0.3) is 0 Å². The predicted octanol–water partition coefficient (Wildman–Crippen LogP) is 0.472. The predicted molar refractivity (Wildman–Crippen MR) is 69.4 cm³/mol. The molecule has 2 N–H and O–H groups in total. The van der Waals surface area contributed by atoms with Crippen molar-refractivity contribution >= 4 is 17.8 Å². The van der Waals surface area contributed by atoms with Crippen molar-refractivity contribution < 1.29 is 19.5 Å². The van der Waals surface area contributed by atoms with E-state index in [0.29, 0.717) is 25.4 Å². The molecule has 0 aromatic carbocycles. The molecule has 6 heteroatoms. The molecule has 1 rings (SSSR count). The number of carbonyl (C=O) groups is 3. The Bertz CT molecular complexity index is 357. The number of carboxylic acids is 1. The van der Waals surface area contributed by atoms with Crippen LogP contribution in [0.4, 0.5) is 0 Å². The maximum atomic E-state index is 11.7. The average molecular weight is 270 g/mol. The molecule has 2 unspecified atom stereocenters. The Morgan fingerprint density at radius 2 is 1.95 bits per heavy atom. The smallest absolute Gasteiger partial charge is 0.303 e. The molecule has 0 aromatic rings. The van der Waals surface area contributed by atoms with E-state index in [4.69, 9.17) is 5.11 Å². The van der Waals surface area contributed by atoms with Crippen LogP contribution in [-0.4, -0.2) is 47.9 Å². The van der Waals surface area contributed by atoms with E-state index in [9.17, 15) is 14.4 Å². The number of hydrogen-bond donors (Lipinski definition) is 2. The molecule has 2 amide bonds. The minimum absolute atomic E-state index is 0.0360. The molecule has 6 nitrogen and oxygen atoms in total. The molecule has 1 aliphatic carbocycles. The number of carboxylic acid groups (broad SMARTS) is 1. The molecular weight excluding hydrogens is 248 g/mol. The van der Waals surface area contributed by atoms with Crippen molar-refractivity contribution in [2.24, 2.45) is 11.8 Å². The SMILES string of the molecule is CC1CC1C(=O)NCCC(=O)N(C)CCCC(=O)O. The first-order chi connectivity index (χ1) is 8.91. The van der Waals surface area contributed by atoms with Gasteiger partial charge >= 0.3 is 5.97 Å². The van der Waals surface area contributed by atoms with Crippen molar-refractivity contribution in [1.82, 2.24) is 10.2 Å². The van der Waals surface area contributed by atoms with Gasteiger partial charge in [-0.3, -0.25) is 14.4 Å². The van der Waals surface area contributed by atoms with Crippen LogP contribution in [0.15, 0.2) is 0 Å². The molecular formula is C13H22N2O4. The highest BCUT2D eigenvalue weighted by Gasteiger charge is 2.38. The van der Waals surface area contributed by atoms with Crippen LogP contribution < -0.4 is 5.32 Å². The van der Waals surface area contributed by atoms with Gasteiger partial charge in [0.05, 0.1) is 0 Å². The number of nitrogens with one attached hydrogen (secondary N) is 1. The lowest BCUT2D eigenvalue weighted by atomic mass is 10.2. The largest absolute Gasteiger partial charge is 0.481 e. The second kappa shape index (κ2) is 7.11. The van der Waals surface area contributed by atoms with Crippen LogP contribution in [0.1, 0.15) is 32.6 Å². The molecule has 1 fully saturated rings. The Kier molecular flexibility index (Phi) is 5.79. The van der Waals surface area contributed by atoms with E-state index >= 15 is 0 Å². The molecule has 0 aromatic heterocycles. The van der Waals surface area contributed by atoms with Gasteiger partial charge in [-0.15, -0.1) is 0 Å². The molecule has 2 atom stereocenters. The van der Waals surface area contributed by atoms with Crippen LogP contribution >= 0.6 is 0 Å². The first-order valence-corrected chi connectivity index (χ1v) is 6.65. The molecule has 1 aliphatic rings. The number of aliphatic carboxylic acids is 1. The molecule has 0 aliphatic heterocycles. The zero-order chi connectivity index (χ0) is 14.4. The second-order valence-electron chi connectivity index (χ2n) is 5.17. The van der Waals surface area contributed by atoms with Crippen molar-refractivity contribution in [3.8, 4) is 0 Å².